The summed E-state index contributed by atoms with van der Waals surface area (Å²) < 4.78 is 5.34. The highest BCUT2D eigenvalue weighted by Gasteiger charge is 2.00. The first-order chi connectivity index (χ1) is 11.3. The van der Waals surface area contributed by atoms with Crippen molar-refractivity contribution in [2.45, 2.75) is 0 Å². The van der Waals surface area contributed by atoms with E-state index in [9.17, 15) is 4.79 Å². The number of hydrogen-bond acceptors (Lipinski definition) is 3. The molecule has 0 fully saturated rings. The SMILES string of the molecule is O=C(COc1ccccc1)N/N=C\c1ccc2ccccc2c1. The molecule has 0 atom stereocenters. The van der Waals surface area contributed by atoms with Gasteiger partial charge >= 0.3 is 0 Å². The summed E-state index contributed by atoms with van der Waals surface area (Å²) >= 11 is 0. The van der Waals surface area contributed by atoms with Crippen LogP contribution in [-0.4, -0.2) is 18.7 Å². The van der Waals surface area contributed by atoms with E-state index in [1.807, 2.05) is 54.6 Å². The van der Waals surface area contributed by atoms with Crippen LogP contribution in [0.3, 0.4) is 0 Å². The number of carbonyl (C=O) groups is 1. The first-order valence-electron chi connectivity index (χ1n) is 7.30. The second-order valence-electron chi connectivity index (χ2n) is 5.00. The van der Waals surface area contributed by atoms with Crippen LogP contribution < -0.4 is 10.2 Å². The molecular formula is C19H16N2O2. The second-order valence-corrected chi connectivity index (χ2v) is 5.00. The van der Waals surface area contributed by atoms with Crippen LogP contribution in [-0.2, 0) is 4.79 Å². The number of benzene rings is 3. The lowest BCUT2D eigenvalue weighted by Gasteiger charge is -2.04. The predicted molar refractivity (Wildman–Crippen MR) is 91.6 cm³/mol. The Hall–Kier alpha value is -3.14. The Kier molecular flexibility index (Phi) is 4.64. The number of fused-ring (bicyclic) bond motifs is 1. The van der Waals surface area contributed by atoms with Gasteiger partial charge < -0.3 is 4.74 Å². The Morgan fingerprint density at radius 2 is 1.70 bits per heavy atom. The number of hydrazone groups is 1. The smallest absolute Gasteiger partial charge is 0.277 e. The molecule has 114 valence electrons. The molecule has 1 amide bonds. The Morgan fingerprint density at radius 1 is 0.957 bits per heavy atom. The van der Waals surface area contributed by atoms with E-state index in [2.05, 4.69) is 16.6 Å². The minimum absolute atomic E-state index is 0.0704. The van der Waals surface area contributed by atoms with Crippen molar-refractivity contribution in [1.82, 2.24) is 5.43 Å². The number of amides is 1. The van der Waals surface area contributed by atoms with Crippen molar-refractivity contribution in [2.75, 3.05) is 6.61 Å². The van der Waals surface area contributed by atoms with Crippen molar-refractivity contribution in [2.24, 2.45) is 5.10 Å². The van der Waals surface area contributed by atoms with Gasteiger partial charge in [0.2, 0.25) is 0 Å². The van der Waals surface area contributed by atoms with Crippen LogP contribution in [0.4, 0.5) is 0 Å². The zero-order chi connectivity index (χ0) is 15.9. The van der Waals surface area contributed by atoms with Crippen molar-refractivity contribution < 1.29 is 9.53 Å². The predicted octanol–water partition coefficient (Wildman–Crippen LogP) is 3.37. The molecular weight excluding hydrogens is 288 g/mol. The van der Waals surface area contributed by atoms with Gasteiger partial charge in [-0.05, 0) is 34.5 Å². The van der Waals surface area contributed by atoms with Crippen molar-refractivity contribution in [1.29, 1.82) is 0 Å². The molecule has 0 spiro atoms. The lowest BCUT2D eigenvalue weighted by Crippen LogP contribution is -2.24. The summed E-state index contributed by atoms with van der Waals surface area (Å²) in [6.07, 6.45) is 1.62. The summed E-state index contributed by atoms with van der Waals surface area (Å²) in [6.45, 7) is -0.0704. The fraction of sp³-hybridized carbons (Fsp3) is 0.0526. The highest BCUT2D eigenvalue weighted by molar-refractivity contribution is 5.90. The Bertz CT molecular complexity index is 829. The lowest BCUT2D eigenvalue weighted by molar-refractivity contribution is -0.123. The van der Waals surface area contributed by atoms with Crippen LogP contribution in [0.5, 0.6) is 5.75 Å². The van der Waals surface area contributed by atoms with Gasteiger partial charge in [-0.15, -0.1) is 0 Å². The minimum Gasteiger partial charge on any atom is -0.484 e. The molecule has 0 heterocycles. The molecule has 0 aliphatic heterocycles. The van der Waals surface area contributed by atoms with Gasteiger partial charge in [-0.3, -0.25) is 4.79 Å². The monoisotopic (exact) mass is 304 g/mol. The molecule has 4 heteroatoms. The van der Waals surface area contributed by atoms with E-state index in [1.54, 1.807) is 18.3 Å². The largest absolute Gasteiger partial charge is 0.484 e. The number of nitrogens with zero attached hydrogens (tertiary/aromatic N) is 1. The molecule has 3 rings (SSSR count). The van der Waals surface area contributed by atoms with E-state index in [0.717, 1.165) is 10.9 Å². The molecule has 0 aliphatic carbocycles. The summed E-state index contributed by atoms with van der Waals surface area (Å²) in [7, 11) is 0. The molecule has 3 aromatic rings. The van der Waals surface area contributed by atoms with E-state index >= 15 is 0 Å². The van der Waals surface area contributed by atoms with Gasteiger partial charge in [0.15, 0.2) is 6.61 Å². The lowest BCUT2D eigenvalue weighted by atomic mass is 10.1. The normalized spacial score (nSPS) is 10.8. The van der Waals surface area contributed by atoms with Gasteiger partial charge in [-0.25, -0.2) is 5.43 Å². The Morgan fingerprint density at radius 3 is 2.52 bits per heavy atom. The zero-order valence-electron chi connectivity index (χ0n) is 12.5. The summed E-state index contributed by atoms with van der Waals surface area (Å²) in [5.41, 5.74) is 3.38. The molecule has 0 saturated carbocycles. The number of para-hydroxylation sites is 1. The molecule has 0 aromatic heterocycles. The maximum absolute atomic E-state index is 11.7. The van der Waals surface area contributed by atoms with Crippen LogP contribution in [0.1, 0.15) is 5.56 Å². The fourth-order valence-corrected chi connectivity index (χ4v) is 2.16. The van der Waals surface area contributed by atoms with Gasteiger partial charge in [-0.2, -0.15) is 5.10 Å². The minimum atomic E-state index is -0.300. The zero-order valence-corrected chi connectivity index (χ0v) is 12.5. The van der Waals surface area contributed by atoms with Gasteiger partial charge in [-0.1, -0.05) is 54.6 Å². The molecule has 23 heavy (non-hydrogen) atoms. The van der Waals surface area contributed by atoms with Gasteiger partial charge in [0.25, 0.3) is 5.91 Å². The third-order valence-electron chi connectivity index (χ3n) is 3.29. The highest BCUT2D eigenvalue weighted by Crippen LogP contribution is 2.14. The standard InChI is InChI=1S/C19H16N2O2/c22-19(14-23-18-8-2-1-3-9-18)21-20-13-15-10-11-16-6-4-5-7-17(16)12-15/h1-13H,14H2,(H,21,22)/b20-13-. The second kappa shape index (κ2) is 7.22. The number of carbonyl (C=O) groups excluding carboxylic acids is 1. The van der Waals surface area contributed by atoms with Crippen LogP contribution in [0.15, 0.2) is 77.9 Å². The van der Waals surface area contributed by atoms with E-state index in [0.29, 0.717) is 5.75 Å². The average molecular weight is 304 g/mol. The third-order valence-corrected chi connectivity index (χ3v) is 3.29. The number of ether oxygens (including phenoxy) is 1. The molecule has 0 aliphatic rings. The van der Waals surface area contributed by atoms with E-state index in [1.165, 1.54) is 5.39 Å². The van der Waals surface area contributed by atoms with Crippen LogP contribution in [0.25, 0.3) is 10.8 Å². The summed E-state index contributed by atoms with van der Waals surface area (Å²) in [4.78, 5) is 11.7. The summed E-state index contributed by atoms with van der Waals surface area (Å²) in [6, 6.07) is 23.3. The van der Waals surface area contributed by atoms with Crippen molar-refractivity contribution in [3.63, 3.8) is 0 Å². The van der Waals surface area contributed by atoms with E-state index in [-0.39, 0.29) is 12.5 Å². The number of hydrogen-bond donors (Lipinski definition) is 1. The van der Waals surface area contributed by atoms with Crippen molar-refractivity contribution in [3.8, 4) is 5.75 Å². The highest BCUT2D eigenvalue weighted by atomic mass is 16.5. The maximum atomic E-state index is 11.7. The van der Waals surface area contributed by atoms with Gasteiger partial charge in [0.1, 0.15) is 5.75 Å². The number of nitrogens with one attached hydrogen (secondary N) is 1. The van der Waals surface area contributed by atoms with Crippen LogP contribution in [0, 0.1) is 0 Å². The van der Waals surface area contributed by atoms with Gasteiger partial charge in [0, 0.05) is 0 Å². The Balaban J connectivity index is 1.54. The quantitative estimate of drug-likeness (QED) is 0.580. The fourth-order valence-electron chi connectivity index (χ4n) is 2.16. The van der Waals surface area contributed by atoms with Crippen molar-refractivity contribution in [3.05, 3.63) is 78.4 Å². The maximum Gasteiger partial charge on any atom is 0.277 e. The molecule has 0 saturated heterocycles. The van der Waals surface area contributed by atoms with Crippen LogP contribution >= 0.6 is 0 Å². The molecule has 0 radical (unpaired) electrons. The molecule has 0 bridgehead atoms. The third kappa shape index (κ3) is 4.17. The molecule has 3 aromatic carbocycles. The molecule has 0 unspecified atom stereocenters. The van der Waals surface area contributed by atoms with Crippen LogP contribution in [0.2, 0.25) is 0 Å². The van der Waals surface area contributed by atoms with Gasteiger partial charge in [0.05, 0.1) is 6.21 Å². The molecule has 4 nitrogen and oxygen atoms in total. The number of rotatable bonds is 5. The van der Waals surface area contributed by atoms with E-state index < -0.39 is 0 Å². The average Bonchev–Trinajstić information content (AvgIpc) is 2.61. The Labute approximate surface area is 134 Å². The van der Waals surface area contributed by atoms with E-state index in [4.69, 9.17) is 4.74 Å². The molecule has 1 N–H and O–H groups in total. The summed E-state index contributed by atoms with van der Waals surface area (Å²) in [5, 5.41) is 6.26. The van der Waals surface area contributed by atoms with Crippen molar-refractivity contribution >= 4 is 22.9 Å². The summed E-state index contributed by atoms with van der Waals surface area (Å²) in [5.74, 6) is 0.354. The first kappa shape index (κ1) is 14.8. The first-order valence-corrected chi connectivity index (χ1v) is 7.30. The topological polar surface area (TPSA) is 50.7 Å².